The Morgan fingerprint density at radius 2 is 2.33 bits per heavy atom. The summed E-state index contributed by atoms with van der Waals surface area (Å²) < 4.78 is 6.83. The molecule has 0 aliphatic carbocycles. The second-order valence-electron chi connectivity index (χ2n) is 5.19. The zero-order valence-corrected chi connectivity index (χ0v) is 14.0. The number of aromatic nitrogens is 3. The van der Waals surface area contributed by atoms with Gasteiger partial charge in [0.25, 0.3) is 5.56 Å². The van der Waals surface area contributed by atoms with Crippen molar-refractivity contribution in [1.82, 2.24) is 14.5 Å². The molecule has 7 nitrogen and oxygen atoms in total. The van der Waals surface area contributed by atoms with E-state index in [-0.39, 0.29) is 17.4 Å². The van der Waals surface area contributed by atoms with Crippen LogP contribution in [0.15, 0.2) is 50.4 Å². The molecular formula is C15H12N4O3S2. The van der Waals surface area contributed by atoms with Crippen LogP contribution in [-0.4, -0.2) is 26.2 Å². The maximum Gasteiger partial charge on any atom is 0.254 e. The van der Waals surface area contributed by atoms with E-state index in [4.69, 9.17) is 4.42 Å². The molecule has 4 rings (SSSR count). The molecule has 1 amide bonds. The van der Waals surface area contributed by atoms with E-state index >= 15 is 0 Å². The predicted octanol–water partition coefficient (Wildman–Crippen LogP) is 2.32. The smallest absolute Gasteiger partial charge is 0.254 e. The number of hydrogen-bond acceptors (Lipinski definition) is 7. The van der Waals surface area contributed by atoms with Crippen LogP contribution in [0, 0.1) is 5.92 Å². The van der Waals surface area contributed by atoms with Gasteiger partial charge in [-0.15, -0.1) is 11.3 Å². The van der Waals surface area contributed by atoms with Gasteiger partial charge in [-0.3, -0.25) is 14.2 Å². The highest BCUT2D eigenvalue weighted by Crippen LogP contribution is 2.28. The minimum absolute atomic E-state index is 0.139. The summed E-state index contributed by atoms with van der Waals surface area (Å²) >= 11 is 2.75. The lowest BCUT2D eigenvalue weighted by molar-refractivity contribution is -0.119. The fourth-order valence-electron chi connectivity index (χ4n) is 2.38. The Balaban J connectivity index is 1.47. The summed E-state index contributed by atoms with van der Waals surface area (Å²) in [5.74, 6) is 0.787. The van der Waals surface area contributed by atoms with E-state index in [1.807, 2.05) is 11.4 Å². The lowest BCUT2D eigenvalue weighted by Gasteiger charge is -2.23. The van der Waals surface area contributed by atoms with Crippen LogP contribution in [0.4, 0.5) is 5.13 Å². The largest absolute Gasteiger partial charge is 0.463 e. The number of amides is 1. The summed E-state index contributed by atoms with van der Waals surface area (Å²) in [6.07, 6.45) is 3.07. The topological polar surface area (TPSA) is 90.0 Å². The number of nitrogens with zero attached hydrogens (tertiary/aromatic N) is 3. The molecule has 9 heteroatoms. The van der Waals surface area contributed by atoms with Gasteiger partial charge in [0.2, 0.25) is 5.91 Å². The fourth-order valence-corrected chi connectivity index (χ4v) is 4.15. The lowest BCUT2D eigenvalue weighted by atomic mass is 10.1. The van der Waals surface area contributed by atoms with Crippen LogP contribution in [-0.2, 0) is 11.3 Å². The van der Waals surface area contributed by atoms with Gasteiger partial charge in [-0.2, -0.15) is 0 Å². The van der Waals surface area contributed by atoms with Crippen molar-refractivity contribution in [2.75, 3.05) is 11.1 Å². The highest BCUT2D eigenvalue weighted by atomic mass is 32.2. The molecule has 1 aliphatic heterocycles. The first-order valence-electron chi connectivity index (χ1n) is 7.19. The molecule has 0 bridgehead atoms. The van der Waals surface area contributed by atoms with Crippen LogP contribution >= 0.6 is 23.1 Å². The van der Waals surface area contributed by atoms with Gasteiger partial charge < -0.3 is 9.73 Å². The second kappa shape index (κ2) is 6.25. The van der Waals surface area contributed by atoms with E-state index in [1.54, 1.807) is 12.3 Å². The molecule has 0 spiro atoms. The maximum absolute atomic E-state index is 12.5. The van der Waals surface area contributed by atoms with Gasteiger partial charge in [-0.05, 0) is 12.1 Å². The highest BCUT2D eigenvalue weighted by molar-refractivity contribution is 7.99. The molecule has 1 atom stereocenters. The molecule has 0 aromatic carbocycles. The summed E-state index contributed by atoms with van der Waals surface area (Å²) in [6.45, 7) is 0.331. The monoisotopic (exact) mass is 360 g/mol. The molecule has 0 radical (unpaired) electrons. The van der Waals surface area contributed by atoms with Crippen molar-refractivity contribution in [3.63, 3.8) is 0 Å². The van der Waals surface area contributed by atoms with Crippen LogP contribution in [0.5, 0.6) is 0 Å². The number of anilines is 1. The minimum Gasteiger partial charge on any atom is -0.463 e. The first-order valence-corrected chi connectivity index (χ1v) is 9.06. The van der Waals surface area contributed by atoms with Crippen LogP contribution in [0.3, 0.4) is 0 Å². The summed E-state index contributed by atoms with van der Waals surface area (Å²) in [5.41, 5.74) is 0.545. The average Bonchev–Trinajstić information content (AvgIpc) is 3.26. The molecule has 24 heavy (non-hydrogen) atoms. The minimum atomic E-state index is -0.305. The number of thioether (sulfide) groups is 1. The van der Waals surface area contributed by atoms with Crippen molar-refractivity contribution in [2.45, 2.75) is 11.7 Å². The van der Waals surface area contributed by atoms with E-state index in [0.717, 1.165) is 0 Å². The number of carbonyl (C=O) groups is 1. The molecule has 4 heterocycles. The van der Waals surface area contributed by atoms with E-state index in [1.165, 1.54) is 39.9 Å². The predicted molar refractivity (Wildman–Crippen MR) is 91.2 cm³/mol. The van der Waals surface area contributed by atoms with Crippen molar-refractivity contribution < 1.29 is 9.21 Å². The number of nitrogens with one attached hydrogen (secondary N) is 1. The normalized spacial score (nSPS) is 16.6. The third-order valence-corrected chi connectivity index (χ3v) is 5.51. The van der Waals surface area contributed by atoms with Crippen molar-refractivity contribution in [3.05, 3.63) is 46.4 Å². The average molecular weight is 360 g/mol. The number of fused-ring (bicyclic) bond motifs is 1. The van der Waals surface area contributed by atoms with E-state index in [0.29, 0.717) is 34.0 Å². The standard InChI is InChI=1S/C15H12N4O3S2/c20-12-3-4-16-15-19(12)6-9(7-24-15)13(21)18-14-17-10(8-23-14)11-2-1-5-22-11/h1-5,8-9H,6-7H2,(H,17,18,21). The molecule has 1 aliphatic rings. The zero-order chi connectivity index (χ0) is 16.5. The van der Waals surface area contributed by atoms with Gasteiger partial charge in [0, 0.05) is 29.9 Å². The third kappa shape index (κ3) is 2.87. The van der Waals surface area contributed by atoms with Gasteiger partial charge in [0.15, 0.2) is 16.0 Å². The molecule has 0 saturated carbocycles. The fraction of sp³-hybridized carbons (Fsp3) is 0.200. The summed E-state index contributed by atoms with van der Waals surface area (Å²) in [5, 5.41) is 5.82. The maximum atomic E-state index is 12.5. The molecule has 3 aromatic heterocycles. The van der Waals surface area contributed by atoms with Crippen LogP contribution < -0.4 is 10.9 Å². The van der Waals surface area contributed by atoms with E-state index in [9.17, 15) is 9.59 Å². The SMILES string of the molecule is O=C(Nc1nc(-c2ccco2)cs1)C1CSc2nccc(=O)n2C1. The Bertz CT molecular complexity index is 932. The first-order chi connectivity index (χ1) is 11.7. The van der Waals surface area contributed by atoms with Gasteiger partial charge in [-0.25, -0.2) is 9.97 Å². The van der Waals surface area contributed by atoms with Gasteiger partial charge in [-0.1, -0.05) is 11.8 Å². The Kier molecular flexibility index (Phi) is 3.95. The Labute approximate surface area is 144 Å². The Morgan fingerprint density at radius 3 is 3.17 bits per heavy atom. The molecule has 122 valence electrons. The zero-order valence-electron chi connectivity index (χ0n) is 12.3. The van der Waals surface area contributed by atoms with Gasteiger partial charge >= 0.3 is 0 Å². The number of hydrogen-bond donors (Lipinski definition) is 1. The molecule has 0 saturated heterocycles. The molecular weight excluding hydrogens is 348 g/mol. The second-order valence-corrected chi connectivity index (χ2v) is 7.03. The first kappa shape index (κ1) is 15.2. The summed E-state index contributed by atoms with van der Waals surface area (Å²) in [7, 11) is 0. The number of thiazole rings is 1. The molecule has 0 fully saturated rings. The van der Waals surface area contributed by atoms with Crippen molar-refractivity contribution in [1.29, 1.82) is 0 Å². The summed E-state index contributed by atoms with van der Waals surface area (Å²) in [6, 6.07) is 5.00. The van der Waals surface area contributed by atoms with Crippen molar-refractivity contribution in [3.8, 4) is 11.5 Å². The molecule has 1 unspecified atom stereocenters. The lowest BCUT2D eigenvalue weighted by Crippen LogP contribution is -2.36. The number of carbonyl (C=O) groups excluding carboxylic acids is 1. The summed E-state index contributed by atoms with van der Waals surface area (Å²) in [4.78, 5) is 32.9. The van der Waals surface area contributed by atoms with E-state index in [2.05, 4.69) is 15.3 Å². The highest BCUT2D eigenvalue weighted by Gasteiger charge is 2.27. The van der Waals surface area contributed by atoms with Crippen molar-refractivity contribution in [2.24, 2.45) is 5.92 Å². The van der Waals surface area contributed by atoms with Crippen molar-refractivity contribution >= 4 is 34.1 Å². The Hall–Kier alpha value is -2.39. The molecule has 1 N–H and O–H groups in total. The van der Waals surface area contributed by atoms with Crippen LogP contribution in [0.2, 0.25) is 0 Å². The number of furan rings is 1. The Morgan fingerprint density at radius 1 is 1.42 bits per heavy atom. The van der Waals surface area contributed by atoms with Crippen LogP contribution in [0.25, 0.3) is 11.5 Å². The molecule has 3 aromatic rings. The van der Waals surface area contributed by atoms with E-state index < -0.39 is 0 Å². The van der Waals surface area contributed by atoms with Crippen LogP contribution in [0.1, 0.15) is 0 Å². The van der Waals surface area contributed by atoms with Gasteiger partial charge in [0.1, 0.15) is 5.69 Å². The number of rotatable bonds is 3. The van der Waals surface area contributed by atoms with Gasteiger partial charge in [0.05, 0.1) is 12.2 Å². The third-order valence-electron chi connectivity index (χ3n) is 3.59. The quantitative estimate of drug-likeness (QED) is 0.721.